The number of nitrogens with zero attached hydrogens (tertiary/aromatic N) is 2. The van der Waals surface area contributed by atoms with E-state index in [1.54, 1.807) is 6.20 Å². The molecule has 0 aliphatic carbocycles. The van der Waals surface area contributed by atoms with Crippen molar-refractivity contribution in [2.75, 3.05) is 0 Å². The summed E-state index contributed by atoms with van der Waals surface area (Å²) in [6, 6.07) is 0.278. The fraction of sp³-hybridized carbons (Fsp3) is 0.545. The molecule has 0 spiro atoms. The van der Waals surface area contributed by atoms with Crippen molar-refractivity contribution in [2.45, 2.75) is 38.6 Å². The van der Waals surface area contributed by atoms with Gasteiger partial charge in [0.15, 0.2) is 0 Å². The Kier molecular flexibility index (Phi) is 2.77. The summed E-state index contributed by atoms with van der Waals surface area (Å²) in [5.41, 5.74) is 0.929. The van der Waals surface area contributed by atoms with Gasteiger partial charge in [-0.05, 0) is 19.4 Å². The van der Waals surface area contributed by atoms with Crippen LogP contribution in [0.15, 0.2) is 12.4 Å². The average Bonchev–Trinajstić information content (AvgIpc) is 2.64. The van der Waals surface area contributed by atoms with Crippen molar-refractivity contribution < 1.29 is 14.3 Å². The van der Waals surface area contributed by atoms with Gasteiger partial charge in [-0.3, -0.25) is 14.3 Å². The third-order valence-electron chi connectivity index (χ3n) is 2.68. The molecule has 1 aromatic rings. The average molecular weight is 222 g/mol. The van der Waals surface area contributed by atoms with E-state index in [2.05, 4.69) is 9.84 Å². The van der Waals surface area contributed by atoms with Crippen molar-refractivity contribution in [3.05, 3.63) is 18.0 Å². The minimum atomic E-state index is -0.446. The number of hydrogen-bond acceptors (Lipinski definition) is 4. The summed E-state index contributed by atoms with van der Waals surface area (Å²) >= 11 is 0. The topological polar surface area (TPSA) is 61.2 Å². The minimum Gasteiger partial charge on any atom is -0.393 e. The summed E-state index contributed by atoms with van der Waals surface area (Å²) in [5, 5.41) is 4.19. The maximum atomic E-state index is 11.1. The highest BCUT2D eigenvalue weighted by Crippen LogP contribution is 2.28. The Morgan fingerprint density at radius 1 is 1.38 bits per heavy atom. The molecule has 16 heavy (non-hydrogen) atoms. The first kappa shape index (κ1) is 10.9. The smallest absolute Gasteiger partial charge is 0.314 e. The fourth-order valence-electron chi connectivity index (χ4n) is 1.77. The lowest BCUT2D eigenvalue weighted by Crippen LogP contribution is -2.24. The molecule has 5 heteroatoms. The van der Waals surface area contributed by atoms with Crippen LogP contribution in [0, 0.1) is 0 Å². The molecule has 1 aromatic heterocycles. The van der Waals surface area contributed by atoms with Gasteiger partial charge in [-0.15, -0.1) is 0 Å². The molecule has 0 saturated carbocycles. The van der Waals surface area contributed by atoms with E-state index in [0.29, 0.717) is 0 Å². The Labute approximate surface area is 93.4 Å². The summed E-state index contributed by atoms with van der Waals surface area (Å²) in [4.78, 5) is 22.3. The predicted molar refractivity (Wildman–Crippen MR) is 55.7 cm³/mol. The van der Waals surface area contributed by atoms with Gasteiger partial charge in [0.2, 0.25) is 0 Å². The molecule has 1 aliphatic heterocycles. The highest BCUT2D eigenvalue weighted by molar-refractivity contribution is 5.89. The largest absolute Gasteiger partial charge is 0.393 e. The molecule has 2 heterocycles. The van der Waals surface area contributed by atoms with Crippen molar-refractivity contribution >= 4 is 11.9 Å². The SMILES string of the molecule is CC(C)n1cc(C2CC(=O)OC(=O)C2)cn1. The van der Waals surface area contributed by atoms with Gasteiger partial charge in [0.1, 0.15) is 0 Å². The number of carbonyl (C=O) groups is 2. The molecule has 2 rings (SSSR count). The second-order valence-corrected chi connectivity index (χ2v) is 4.30. The minimum absolute atomic E-state index is 0.0822. The molecule has 0 atom stereocenters. The summed E-state index contributed by atoms with van der Waals surface area (Å²) < 4.78 is 6.31. The number of carbonyl (C=O) groups excluding carboxylic acids is 2. The van der Waals surface area contributed by atoms with E-state index >= 15 is 0 Å². The van der Waals surface area contributed by atoms with E-state index in [9.17, 15) is 9.59 Å². The molecule has 0 N–H and O–H groups in total. The monoisotopic (exact) mass is 222 g/mol. The van der Waals surface area contributed by atoms with Crippen molar-refractivity contribution in [1.82, 2.24) is 9.78 Å². The quantitative estimate of drug-likeness (QED) is 0.560. The first-order chi connectivity index (χ1) is 7.56. The van der Waals surface area contributed by atoms with Crippen LogP contribution in [0.1, 0.15) is 44.2 Å². The molecule has 1 aliphatic rings. The van der Waals surface area contributed by atoms with E-state index < -0.39 is 11.9 Å². The molecule has 0 aromatic carbocycles. The first-order valence-electron chi connectivity index (χ1n) is 5.34. The number of esters is 2. The van der Waals surface area contributed by atoms with Crippen LogP contribution in [0.4, 0.5) is 0 Å². The summed E-state index contributed by atoms with van der Waals surface area (Å²) in [6.45, 7) is 4.05. The maximum Gasteiger partial charge on any atom is 0.314 e. The Hall–Kier alpha value is -1.65. The second-order valence-electron chi connectivity index (χ2n) is 4.30. The lowest BCUT2D eigenvalue weighted by Gasteiger charge is -2.18. The van der Waals surface area contributed by atoms with E-state index in [1.807, 2.05) is 24.7 Å². The van der Waals surface area contributed by atoms with Crippen LogP contribution >= 0.6 is 0 Å². The molecule has 86 valence electrons. The maximum absolute atomic E-state index is 11.1. The van der Waals surface area contributed by atoms with Crippen LogP contribution in [-0.4, -0.2) is 21.7 Å². The molecule has 0 amide bonds. The molecule has 0 unspecified atom stereocenters. The van der Waals surface area contributed by atoms with Crippen molar-refractivity contribution in [2.24, 2.45) is 0 Å². The second kappa shape index (κ2) is 4.08. The zero-order valence-corrected chi connectivity index (χ0v) is 9.34. The Morgan fingerprint density at radius 3 is 2.50 bits per heavy atom. The van der Waals surface area contributed by atoms with Crippen LogP contribution in [0.2, 0.25) is 0 Å². The molecule has 1 fully saturated rings. The number of cyclic esters (lactones) is 2. The van der Waals surface area contributed by atoms with E-state index in [0.717, 1.165) is 5.56 Å². The van der Waals surface area contributed by atoms with Gasteiger partial charge >= 0.3 is 11.9 Å². The van der Waals surface area contributed by atoms with Crippen LogP contribution in [0.5, 0.6) is 0 Å². The molecular formula is C11H14N2O3. The highest BCUT2D eigenvalue weighted by Gasteiger charge is 2.29. The molecular weight excluding hydrogens is 208 g/mol. The predicted octanol–water partition coefficient (Wildman–Crippen LogP) is 1.41. The van der Waals surface area contributed by atoms with E-state index in [1.165, 1.54) is 0 Å². The molecule has 5 nitrogen and oxygen atoms in total. The van der Waals surface area contributed by atoms with E-state index in [4.69, 9.17) is 0 Å². The van der Waals surface area contributed by atoms with Gasteiger partial charge in [-0.2, -0.15) is 5.10 Å². The van der Waals surface area contributed by atoms with Crippen molar-refractivity contribution in [3.63, 3.8) is 0 Å². The van der Waals surface area contributed by atoms with Crippen LogP contribution < -0.4 is 0 Å². The third-order valence-corrected chi connectivity index (χ3v) is 2.68. The van der Waals surface area contributed by atoms with Crippen molar-refractivity contribution in [3.8, 4) is 0 Å². The molecule has 0 bridgehead atoms. The standard InChI is InChI=1S/C11H14N2O3/c1-7(2)13-6-9(5-12-13)8-3-10(14)16-11(15)4-8/h5-8H,3-4H2,1-2H3. The Balaban J connectivity index is 2.16. The number of hydrogen-bond donors (Lipinski definition) is 0. The number of rotatable bonds is 2. The van der Waals surface area contributed by atoms with Gasteiger partial charge in [-0.1, -0.05) is 0 Å². The van der Waals surface area contributed by atoms with Gasteiger partial charge < -0.3 is 4.74 Å². The van der Waals surface area contributed by atoms with Gasteiger partial charge in [0.25, 0.3) is 0 Å². The Morgan fingerprint density at radius 2 is 2.00 bits per heavy atom. The van der Waals surface area contributed by atoms with E-state index in [-0.39, 0.29) is 24.8 Å². The number of ether oxygens (including phenoxy) is 1. The molecule has 1 saturated heterocycles. The third kappa shape index (κ3) is 2.13. The number of aromatic nitrogens is 2. The van der Waals surface area contributed by atoms with Gasteiger partial charge in [0.05, 0.1) is 19.0 Å². The zero-order valence-electron chi connectivity index (χ0n) is 9.34. The zero-order chi connectivity index (χ0) is 11.7. The Bertz CT molecular complexity index is 407. The summed E-state index contributed by atoms with van der Waals surface area (Å²) in [7, 11) is 0. The fourth-order valence-corrected chi connectivity index (χ4v) is 1.77. The lowest BCUT2D eigenvalue weighted by molar-refractivity contribution is -0.163. The summed E-state index contributed by atoms with van der Waals surface area (Å²) in [5.74, 6) is -0.974. The summed E-state index contributed by atoms with van der Waals surface area (Å²) in [6.07, 6.45) is 4.13. The first-order valence-corrected chi connectivity index (χ1v) is 5.34. The van der Waals surface area contributed by atoms with Crippen molar-refractivity contribution in [1.29, 1.82) is 0 Å². The van der Waals surface area contributed by atoms with Gasteiger partial charge in [0, 0.05) is 18.2 Å². The highest BCUT2D eigenvalue weighted by atomic mass is 16.6. The van der Waals surface area contributed by atoms with Crippen LogP contribution in [0.3, 0.4) is 0 Å². The van der Waals surface area contributed by atoms with Gasteiger partial charge in [-0.25, -0.2) is 0 Å². The lowest BCUT2D eigenvalue weighted by atomic mass is 9.94. The van der Waals surface area contributed by atoms with Crippen LogP contribution in [-0.2, 0) is 14.3 Å². The van der Waals surface area contributed by atoms with Crippen LogP contribution in [0.25, 0.3) is 0 Å². The molecule has 0 radical (unpaired) electrons. The normalized spacial score (nSPS) is 17.9.